The lowest BCUT2D eigenvalue weighted by molar-refractivity contribution is -0.135. The van der Waals surface area contributed by atoms with E-state index in [1.54, 1.807) is 17.0 Å². The summed E-state index contributed by atoms with van der Waals surface area (Å²) >= 11 is 0. The first-order valence-electron chi connectivity index (χ1n) is 13.2. The van der Waals surface area contributed by atoms with Crippen molar-refractivity contribution in [2.24, 2.45) is 5.73 Å². The van der Waals surface area contributed by atoms with E-state index in [1.165, 1.54) is 18.1 Å². The fraction of sp³-hybridized carbons (Fsp3) is 0.393. The van der Waals surface area contributed by atoms with E-state index in [2.05, 4.69) is 10.3 Å². The van der Waals surface area contributed by atoms with Gasteiger partial charge < -0.3 is 35.3 Å². The second-order valence-electron chi connectivity index (χ2n) is 9.97. The summed E-state index contributed by atoms with van der Waals surface area (Å²) in [5.74, 6) is -0.909. The molecular weight excluding hydrogens is 519 g/mol. The number of ether oxygens (including phenoxy) is 2. The van der Waals surface area contributed by atoms with Crippen molar-refractivity contribution >= 4 is 40.2 Å². The van der Waals surface area contributed by atoms with Crippen LogP contribution in [0.4, 0.5) is 20.6 Å². The van der Waals surface area contributed by atoms with Crippen molar-refractivity contribution in [2.75, 3.05) is 62.8 Å². The number of H-pyrrole nitrogens is 1. The fourth-order valence-electron chi connectivity index (χ4n) is 5.15. The average molecular weight is 553 g/mol. The van der Waals surface area contributed by atoms with E-state index in [-0.39, 0.29) is 31.5 Å². The molecule has 1 unspecified atom stereocenters. The van der Waals surface area contributed by atoms with Crippen LogP contribution >= 0.6 is 0 Å². The third kappa shape index (κ3) is 5.87. The molecule has 2 aromatic carbocycles. The van der Waals surface area contributed by atoms with E-state index in [0.29, 0.717) is 44.0 Å². The first kappa shape index (κ1) is 27.4. The molecule has 0 spiro atoms. The number of anilines is 2. The highest BCUT2D eigenvalue weighted by molar-refractivity contribution is 5.90. The number of carbonyl (C=O) groups excluding carboxylic acids is 3. The Bertz CT molecular complexity index is 1390. The van der Waals surface area contributed by atoms with Gasteiger partial charge in [-0.05, 0) is 36.2 Å². The van der Waals surface area contributed by atoms with Gasteiger partial charge in [0.1, 0.15) is 18.5 Å². The highest BCUT2D eigenvalue weighted by Crippen LogP contribution is 2.28. The first-order valence-corrected chi connectivity index (χ1v) is 13.2. The van der Waals surface area contributed by atoms with Crippen molar-refractivity contribution in [3.05, 3.63) is 60.0 Å². The molecule has 2 saturated heterocycles. The van der Waals surface area contributed by atoms with Gasteiger partial charge >= 0.3 is 6.09 Å². The number of aromatic amines is 1. The Labute approximate surface area is 231 Å². The normalized spacial score (nSPS) is 18.2. The van der Waals surface area contributed by atoms with Crippen LogP contribution in [0.3, 0.4) is 0 Å². The SMILES string of the molecule is COCC(=O)N1CCN(c2ccc(N3CC(CNC(=O)[C@@H](N)Cc4c[nH]c5ccccc45)OC3=O)cc2F)CC1. The summed E-state index contributed by atoms with van der Waals surface area (Å²) in [5, 5.41) is 3.78. The molecule has 1 aromatic heterocycles. The van der Waals surface area contributed by atoms with Crippen LogP contribution in [0, 0.1) is 5.82 Å². The molecule has 3 aromatic rings. The summed E-state index contributed by atoms with van der Waals surface area (Å²) < 4.78 is 25.4. The molecule has 0 bridgehead atoms. The minimum Gasteiger partial charge on any atom is -0.442 e. The van der Waals surface area contributed by atoms with Gasteiger partial charge in [0.2, 0.25) is 11.8 Å². The number of cyclic esters (lactones) is 1. The van der Waals surface area contributed by atoms with E-state index in [9.17, 15) is 14.4 Å². The van der Waals surface area contributed by atoms with Gasteiger partial charge in [-0.3, -0.25) is 14.5 Å². The van der Waals surface area contributed by atoms with Gasteiger partial charge in [-0.25, -0.2) is 9.18 Å². The number of hydrogen-bond acceptors (Lipinski definition) is 7. The predicted molar refractivity (Wildman–Crippen MR) is 148 cm³/mol. The smallest absolute Gasteiger partial charge is 0.414 e. The lowest BCUT2D eigenvalue weighted by Gasteiger charge is -2.36. The van der Waals surface area contributed by atoms with E-state index in [0.717, 1.165) is 16.5 Å². The zero-order valence-corrected chi connectivity index (χ0v) is 22.3. The first-order chi connectivity index (χ1) is 19.3. The van der Waals surface area contributed by atoms with Crippen LogP contribution < -0.4 is 20.9 Å². The molecule has 11 nitrogen and oxygen atoms in total. The number of amides is 3. The highest BCUT2D eigenvalue weighted by atomic mass is 19.1. The standard InChI is InChI=1S/C28H33FN6O5/c1-39-17-26(36)34-10-8-33(9-11-34)25-7-6-19(13-22(25)29)35-16-20(40-28(35)38)15-32-27(37)23(30)12-18-14-31-24-5-3-2-4-21(18)24/h2-7,13-14,20,23,31H,8-12,15-17,30H2,1H3,(H,32,37)/t20?,23-/m0/s1. The summed E-state index contributed by atoms with van der Waals surface area (Å²) in [4.78, 5) is 45.3. The van der Waals surface area contributed by atoms with Crippen molar-refractivity contribution in [1.82, 2.24) is 15.2 Å². The number of piperazine rings is 1. The second-order valence-corrected chi connectivity index (χ2v) is 9.97. The molecule has 0 radical (unpaired) electrons. The average Bonchev–Trinajstić information content (AvgIpc) is 3.54. The molecule has 3 amide bonds. The Morgan fingerprint density at radius 1 is 1.20 bits per heavy atom. The lowest BCUT2D eigenvalue weighted by Crippen LogP contribution is -2.50. The summed E-state index contributed by atoms with van der Waals surface area (Å²) in [6.45, 7) is 2.20. The summed E-state index contributed by atoms with van der Waals surface area (Å²) in [5.41, 5.74) is 8.84. The number of para-hydroxylation sites is 1. The summed E-state index contributed by atoms with van der Waals surface area (Å²) in [6.07, 6.45) is 0.996. The highest BCUT2D eigenvalue weighted by Gasteiger charge is 2.33. The molecule has 12 heteroatoms. The Kier molecular flexibility index (Phi) is 8.17. The van der Waals surface area contributed by atoms with Gasteiger partial charge in [0, 0.05) is 50.4 Å². The van der Waals surface area contributed by atoms with Crippen molar-refractivity contribution in [3.8, 4) is 0 Å². The quantitative estimate of drug-likeness (QED) is 0.367. The van der Waals surface area contributed by atoms with Gasteiger partial charge in [0.05, 0.1) is 30.5 Å². The van der Waals surface area contributed by atoms with Gasteiger partial charge in [0.15, 0.2) is 0 Å². The largest absolute Gasteiger partial charge is 0.442 e. The van der Waals surface area contributed by atoms with Crippen LogP contribution in [0.25, 0.3) is 10.9 Å². The Balaban J connectivity index is 1.13. The molecule has 0 aliphatic carbocycles. The zero-order valence-electron chi connectivity index (χ0n) is 22.3. The Morgan fingerprint density at radius 2 is 1.98 bits per heavy atom. The van der Waals surface area contributed by atoms with Gasteiger partial charge in [-0.15, -0.1) is 0 Å². The number of rotatable bonds is 9. The molecule has 2 aliphatic rings. The van der Waals surface area contributed by atoms with Gasteiger partial charge in [-0.2, -0.15) is 0 Å². The molecule has 5 rings (SSSR count). The topological polar surface area (TPSA) is 133 Å². The predicted octanol–water partition coefficient (Wildman–Crippen LogP) is 1.61. The molecule has 2 fully saturated rings. The van der Waals surface area contributed by atoms with Crippen LogP contribution in [0.15, 0.2) is 48.7 Å². The molecule has 212 valence electrons. The Morgan fingerprint density at radius 3 is 2.73 bits per heavy atom. The second kappa shape index (κ2) is 11.9. The third-order valence-electron chi connectivity index (χ3n) is 7.31. The van der Waals surface area contributed by atoms with Crippen molar-refractivity contribution in [1.29, 1.82) is 0 Å². The van der Waals surface area contributed by atoms with Crippen molar-refractivity contribution < 1.29 is 28.2 Å². The van der Waals surface area contributed by atoms with E-state index in [1.807, 2.05) is 35.4 Å². The maximum Gasteiger partial charge on any atom is 0.414 e. The molecule has 3 heterocycles. The van der Waals surface area contributed by atoms with Crippen LogP contribution in [0.1, 0.15) is 5.56 Å². The monoisotopic (exact) mass is 552 g/mol. The third-order valence-corrected chi connectivity index (χ3v) is 7.31. The maximum absolute atomic E-state index is 15.1. The molecule has 4 N–H and O–H groups in total. The number of nitrogens with zero attached hydrogens (tertiary/aromatic N) is 3. The van der Waals surface area contributed by atoms with Crippen molar-refractivity contribution in [2.45, 2.75) is 18.6 Å². The number of aromatic nitrogens is 1. The number of carbonyl (C=O) groups is 3. The van der Waals surface area contributed by atoms with Gasteiger partial charge in [0.25, 0.3) is 0 Å². The van der Waals surface area contributed by atoms with Crippen LogP contribution in [-0.2, 0) is 25.5 Å². The number of nitrogens with two attached hydrogens (primary N) is 1. The Hall–Kier alpha value is -4.16. The van der Waals surface area contributed by atoms with Crippen LogP contribution in [-0.4, -0.2) is 92.9 Å². The number of nitrogens with one attached hydrogen (secondary N) is 2. The van der Waals surface area contributed by atoms with E-state index < -0.39 is 24.1 Å². The number of halogens is 1. The van der Waals surface area contributed by atoms with Crippen LogP contribution in [0.2, 0.25) is 0 Å². The minimum absolute atomic E-state index is 0.0253. The van der Waals surface area contributed by atoms with Gasteiger partial charge in [-0.1, -0.05) is 18.2 Å². The number of fused-ring (bicyclic) bond motifs is 1. The summed E-state index contributed by atoms with van der Waals surface area (Å²) in [6, 6.07) is 11.6. The van der Waals surface area contributed by atoms with E-state index in [4.69, 9.17) is 15.2 Å². The number of hydrogen-bond donors (Lipinski definition) is 3. The van der Waals surface area contributed by atoms with Crippen molar-refractivity contribution in [3.63, 3.8) is 0 Å². The molecule has 2 atom stereocenters. The molecule has 40 heavy (non-hydrogen) atoms. The van der Waals surface area contributed by atoms with Crippen LogP contribution in [0.5, 0.6) is 0 Å². The zero-order chi connectivity index (χ0) is 28.2. The molecular formula is C28H33FN6O5. The number of benzene rings is 2. The van der Waals surface area contributed by atoms with E-state index >= 15 is 4.39 Å². The number of methoxy groups -OCH3 is 1. The molecule has 0 saturated carbocycles. The fourth-order valence-corrected chi connectivity index (χ4v) is 5.15. The molecule has 2 aliphatic heterocycles. The minimum atomic E-state index is -0.769. The lowest BCUT2D eigenvalue weighted by atomic mass is 10.1. The summed E-state index contributed by atoms with van der Waals surface area (Å²) in [7, 11) is 1.47. The maximum atomic E-state index is 15.1.